The van der Waals surface area contributed by atoms with Crippen LogP contribution in [0.3, 0.4) is 0 Å². The number of methoxy groups -OCH3 is 1. The molecule has 1 aromatic heterocycles. The van der Waals surface area contributed by atoms with Gasteiger partial charge in [0.15, 0.2) is 0 Å². The average Bonchev–Trinajstić information content (AvgIpc) is 2.58. The highest BCUT2D eigenvalue weighted by Crippen LogP contribution is 2.29. The van der Waals surface area contributed by atoms with Gasteiger partial charge in [-0.05, 0) is 62.3 Å². The van der Waals surface area contributed by atoms with Crippen LogP contribution in [-0.4, -0.2) is 35.2 Å². The molecule has 0 aliphatic carbocycles. The van der Waals surface area contributed by atoms with Gasteiger partial charge in [-0.15, -0.1) is 24.8 Å². The van der Waals surface area contributed by atoms with E-state index < -0.39 is 0 Å². The number of halogens is 2. The second-order valence-electron chi connectivity index (χ2n) is 5.74. The number of hydrogen-bond acceptors (Lipinski definition) is 4. The van der Waals surface area contributed by atoms with Crippen LogP contribution in [0.25, 0.3) is 11.3 Å². The Morgan fingerprint density at radius 1 is 1.00 bits per heavy atom. The first-order valence-corrected chi connectivity index (χ1v) is 7.82. The van der Waals surface area contributed by atoms with Crippen LogP contribution in [0, 0.1) is 0 Å². The zero-order chi connectivity index (χ0) is 15.4. The molecule has 24 heavy (non-hydrogen) atoms. The van der Waals surface area contributed by atoms with Crippen molar-refractivity contribution in [2.75, 3.05) is 20.2 Å². The van der Waals surface area contributed by atoms with E-state index >= 15 is 0 Å². The predicted octanol–water partition coefficient (Wildman–Crippen LogP) is 4.29. The van der Waals surface area contributed by atoms with Crippen molar-refractivity contribution < 1.29 is 9.84 Å². The number of aromatic hydroxyl groups is 1. The van der Waals surface area contributed by atoms with Gasteiger partial charge in [0.25, 0.3) is 0 Å². The third kappa shape index (κ3) is 5.00. The highest BCUT2D eigenvalue weighted by molar-refractivity contribution is 5.85. The molecule has 0 radical (unpaired) electrons. The Morgan fingerprint density at radius 2 is 1.67 bits per heavy atom. The second-order valence-corrected chi connectivity index (χ2v) is 5.74. The van der Waals surface area contributed by atoms with Crippen LogP contribution in [-0.2, 0) is 6.54 Å². The van der Waals surface area contributed by atoms with E-state index in [9.17, 15) is 5.11 Å². The first-order chi connectivity index (χ1) is 10.8. The molecule has 1 aliphatic rings. The van der Waals surface area contributed by atoms with Gasteiger partial charge in [-0.25, -0.2) is 4.98 Å². The van der Waals surface area contributed by atoms with Crippen molar-refractivity contribution in [2.45, 2.75) is 25.8 Å². The van der Waals surface area contributed by atoms with Gasteiger partial charge >= 0.3 is 0 Å². The molecule has 3 rings (SSSR count). The lowest BCUT2D eigenvalue weighted by molar-refractivity contribution is 0.218. The maximum Gasteiger partial charge on any atom is 0.141 e. The van der Waals surface area contributed by atoms with E-state index in [-0.39, 0.29) is 30.6 Å². The molecule has 6 heteroatoms. The number of piperidine rings is 1. The standard InChI is InChI=1S/C18H22N2O2.2ClH/c1-22-16-8-5-14(6-9-16)18-17(21)10-7-15(19-18)13-20-11-3-2-4-12-20;;/h5-10,21H,2-4,11-13H2,1H3;2*1H. The van der Waals surface area contributed by atoms with Gasteiger partial charge in [-0.3, -0.25) is 4.90 Å². The molecule has 1 N–H and O–H groups in total. The average molecular weight is 371 g/mol. The minimum absolute atomic E-state index is 0. The van der Waals surface area contributed by atoms with E-state index in [0.717, 1.165) is 36.6 Å². The molecule has 0 spiro atoms. The van der Waals surface area contributed by atoms with E-state index in [1.54, 1.807) is 13.2 Å². The van der Waals surface area contributed by atoms with E-state index in [1.807, 2.05) is 30.3 Å². The third-order valence-electron chi connectivity index (χ3n) is 4.13. The molecule has 0 atom stereocenters. The fourth-order valence-electron chi connectivity index (χ4n) is 2.89. The molecular weight excluding hydrogens is 347 g/mol. The normalized spacial score (nSPS) is 14.4. The van der Waals surface area contributed by atoms with E-state index in [2.05, 4.69) is 9.88 Å². The van der Waals surface area contributed by atoms with Crippen molar-refractivity contribution in [1.82, 2.24) is 9.88 Å². The van der Waals surface area contributed by atoms with Gasteiger partial charge in [0, 0.05) is 12.1 Å². The summed E-state index contributed by atoms with van der Waals surface area (Å²) in [4.78, 5) is 7.09. The molecule has 132 valence electrons. The number of pyridine rings is 1. The summed E-state index contributed by atoms with van der Waals surface area (Å²) in [6, 6.07) is 11.3. The summed E-state index contributed by atoms with van der Waals surface area (Å²) in [5.41, 5.74) is 2.54. The number of nitrogens with zero attached hydrogens (tertiary/aromatic N) is 2. The molecule has 2 aromatic rings. The fraction of sp³-hybridized carbons (Fsp3) is 0.389. The third-order valence-corrected chi connectivity index (χ3v) is 4.13. The second kappa shape index (κ2) is 9.72. The summed E-state index contributed by atoms with van der Waals surface area (Å²) in [5, 5.41) is 10.1. The monoisotopic (exact) mass is 370 g/mol. The van der Waals surface area contributed by atoms with Crippen molar-refractivity contribution in [3.05, 3.63) is 42.1 Å². The van der Waals surface area contributed by atoms with Crippen LogP contribution in [0.1, 0.15) is 25.0 Å². The van der Waals surface area contributed by atoms with Crippen LogP contribution in [0.15, 0.2) is 36.4 Å². The summed E-state index contributed by atoms with van der Waals surface area (Å²) >= 11 is 0. The van der Waals surface area contributed by atoms with Gasteiger partial charge < -0.3 is 9.84 Å². The molecule has 4 nitrogen and oxygen atoms in total. The topological polar surface area (TPSA) is 45.6 Å². The first-order valence-electron chi connectivity index (χ1n) is 7.82. The van der Waals surface area contributed by atoms with E-state index in [0.29, 0.717) is 5.69 Å². The SMILES string of the molecule is COc1ccc(-c2nc(CN3CCCCC3)ccc2O)cc1.Cl.Cl. The maximum absolute atomic E-state index is 10.1. The molecule has 1 saturated heterocycles. The highest BCUT2D eigenvalue weighted by Gasteiger charge is 2.13. The molecule has 0 saturated carbocycles. The lowest BCUT2D eigenvalue weighted by atomic mass is 10.1. The van der Waals surface area contributed by atoms with Crippen molar-refractivity contribution in [2.24, 2.45) is 0 Å². The predicted molar refractivity (Wildman–Crippen MR) is 102 cm³/mol. The van der Waals surface area contributed by atoms with Crippen molar-refractivity contribution in [1.29, 1.82) is 0 Å². The Labute approximate surface area is 155 Å². The summed E-state index contributed by atoms with van der Waals surface area (Å²) in [6.45, 7) is 3.13. The maximum atomic E-state index is 10.1. The van der Waals surface area contributed by atoms with E-state index in [4.69, 9.17) is 4.74 Å². The Balaban J connectivity index is 0.00000144. The lowest BCUT2D eigenvalue weighted by Gasteiger charge is -2.26. The van der Waals surface area contributed by atoms with Gasteiger partial charge in [0.05, 0.1) is 12.8 Å². The Kier molecular flexibility index (Phi) is 8.32. The van der Waals surface area contributed by atoms with Crippen LogP contribution in [0.4, 0.5) is 0 Å². The van der Waals surface area contributed by atoms with Crippen molar-refractivity contribution in [3.63, 3.8) is 0 Å². The highest BCUT2D eigenvalue weighted by atomic mass is 35.5. The van der Waals surface area contributed by atoms with Crippen LogP contribution in [0.5, 0.6) is 11.5 Å². The summed E-state index contributed by atoms with van der Waals surface area (Å²) in [5.74, 6) is 1.01. The molecule has 0 bridgehead atoms. The van der Waals surface area contributed by atoms with Gasteiger partial charge in [0.1, 0.15) is 17.2 Å². The molecular formula is C18H24Cl2N2O2. The van der Waals surface area contributed by atoms with Crippen LogP contribution in [0.2, 0.25) is 0 Å². The van der Waals surface area contributed by atoms with Crippen LogP contribution < -0.4 is 4.74 Å². The number of likely N-dealkylation sites (tertiary alicyclic amines) is 1. The number of aromatic nitrogens is 1. The number of benzene rings is 1. The van der Waals surface area contributed by atoms with Crippen LogP contribution >= 0.6 is 24.8 Å². The number of ether oxygens (including phenoxy) is 1. The Bertz CT molecular complexity index is 629. The summed E-state index contributed by atoms with van der Waals surface area (Å²) in [7, 11) is 1.64. The zero-order valence-corrected chi connectivity index (χ0v) is 15.4. The van der Waals surface area contributed by atoms with Crippen molar-refractivity contribution >= 4 is 24.8 Å². The number of hydrogen-bond donors (Lipinski definition) is 1. The van der Waals surface area contributed by atoms with Crippen molar-refractivity contribution in [3.8, 4) is 22.8 Å². The lowest BCUT2D eigenvalue weighted by Crippen LogP contribution is -2.29. The van der Waals surface area contributed by atoms with Gasteiger partial charge in [-0.2, -0.15) is 0 Å². The minimum Gasteiger partial charge on any atom is -0.506 e. The van der Waals surface area contributed by atoms with Gasteiger partial charge in [-0.1, -0.05) is 6.42 Å². The quantitative estimate of drug-likeness (QED) is 0.871. The molecule has 0 amide bonds. The molecule has 1 aromatic carbocycles. The molecule has 2 heterocycles. The first kappa shape index (κ1) is 20.6. The summed E-state index contributed by atoms with van der Waals surface area (Å²) in [6.07, 6.45) is 3.86. The minimum atomic E-state index is 0. The smallest absolute Gasteiger partial charge is 0.141 e. The molecule has 0 unspecified atom stereocenters. The molecule has 1 aliphatic heterocycles. The fourth-order valence-corrected chi connectivity index (χ4v) is 2.89. The Hall–Kier alpha value is -1.49. The number of rotatable bonds is 4. The largest absolute Gasteiger partial charge is 0.506 e. The summed E-state index contributed by atoms with van der Waals surface area (Å²) < 4.78 is 5.17. The van der Waals surface area contributed by atoms with Gasteiger partial charge in [0.2, 0.25) is 0 Å². The zero-order valence-electron chi connectivity index (χ0n) is 13.8. The Morgan fingerprint density at radius 3 is 2.29 bits per heavy atom. The van der Waals surface area contributed by atoms with E-state index in [1.165, 1.54) is 19.3 Å². The molecule has 1 fully saturated rings.